The van der Waals surface area contributed by atoms with Gasteiger partial charge in [-0.05, 0) is 55.8 Å². The number of benzene rings is 1. The third kappa shape index (κ3) is 4.42. The molecule has 108 valence electrons. The summed E-state index contributed by atoms with van der Waals surface area (Å²) in [6.07, 6.45) is 3.10. The summed E-state index contributed by atoms with van der Waals surface area (Å²) in [6, 6.07) is 10.9. The first-order valence-electron chi connectivity index (χ1n) is 6.68. The van der Waals surface area contributed by atoms with Crippen molar-refractivity contribution in [2.24, 2.45) is 5.10 Å². The highest BCUT2D eigenvalue weighted by Gasteiger charge is 2.03. The normalized spacial score (nSPS) is 10.6. The lowest BCUT2D eigenvalue weighted by Gasteiger charge is -2.02. The van der Waals surface area contributed by atoms with Gasteiger partial charge < -0.3 is 4.74 Å². The summed E-state index contributed by atoms with van der Waals surface area (Å²) in [6.45, 7) is 4.44. The number of hydrogen-bond acceptors (Lipinski definition) is 4. The predicted molar refractivity (Wildman–Crippen MR) is 81.6 cm³/mol. The molecule has 5 heteroatoms. The topological polar surface area (TPSA) is 63.6 Å². The molecule has 0 spiro atoms. The molecule has 0 atom stereocenters. The van der Waals surface area contributed by atoms with E-state index in [4.69, 9.17) is 4.74 Å². The van der Waals surface area contributed by atoms with Crippen molar-refractivity contribution >= 4 is 12.1 Å². The number of hydrogen-bond donors (Lipinski definition) is 1. The fraction of sp³-hybridized carbons (Fsp3) is 0.188. The highest BCUT2D eigenvalue weighted by atomic mass is 16.5. The molecule has 0 unspecified atom stereocenters. The van der Waals surface area contributed by atoms with Crippen LogP contribution in [0.2, 0.25) is 0 Å². The van der Waals surface area contributed by atoms with Crippen LogP contribution in [0.25, 0.3) is 0 Å². The van der Waals surface area contributed by atoms with Crippen molar-refractivity contribution in [2.75, 3.05) is 6.61 Å². The first-order valence-corrected chi connectivity index (χ1v) is 6.68. The first kappa shape index (κ1) is 14.7. The van der Waals surface area contributed by atoms with Gasteiger partial charge in [0.05, 0.1) is 18.4 Å². The maximum atomic E-state index is 11.8. The number of rotatable bonds is 5. The van der Waals surface area contributed by atoms with Gasteiger partial charge in [-0.3, -0.25) is 9.78 Å². The standard InChI is InChI=1S/C16H17N3O2/c1-3-21-15-8-5-13(6-9-15)10-18-19-16(20)14-7-4-12(2)17-11-14/h4-11H,3H2,1-2H3,(H,19,20)/b18-10-. The van der Waals surface area contributed by atoms with Crippen LogP contribution in [-0.2, 0) is 0 Å². The number of nitrogens with zero attached hydrogens (tertiary/aromatic N) is 2. The second-order valence-corrected chi connectivity index (χ2v) is 4.39. The van der Waals surface area contributed by atoms with Crippen LogP contribution < -0.4 is 10.2 Å². The third-order valence-corrected chi connectivity index (χ3v) is 2.74. The minimum Gasteiger partial charge on any atom is -0.494 e. The monoisotopic (exact) mass is 283 g/mol. The Morgan fingerprint density at radius 3 is 2.67 bits per heavy atom. The van der Waals surface area contributed by atoms with Gasteiger partial charge in [-0.25, -0.2) is 5.43 Å². The summed E-state index contributed by atoms with van der Waals surface area (Å²) < 4.78 is 5.35. The molecule has 21 heavy (non-hydrogen) atoms. The average molecular weight is 283 g/mol. The Bertz CT molecular complexity index is 619. The molecular weight excluding hydrogens is 266 g/mol. The zero-order chi connectivity index (χ0) is 15.1. The largest absolute Gasteiger partial charge is 0.494 e. The summed E-state index contributed by atoms with van der Waals surface area (Å²) >= 11 is 0. The number of carbonyl (C=O) groups is 1. The Kier molecular flexibility index (Phi) is 5.04. The van der Waals surface area contributed by atoms with Crippen molar-refractivity contribution in [1.29, 1.82) is 0 Å². The summed E-state index contributed by atoms with van der Waals surface area (Å²) in [5.74, 6) is 0.522. The number of hydrazone groups is 1. The molecule has 1 N–H and O–H groups in total. The van der Waals surface area contributed by atoms with Gasteiger partial charge in [0, 0.05) is 11.9 Å². The molecular formula is C16H17N3O2. The van der Waals surface area contributed by atoms with Crippen LogP contribution in [0.15, 0.2) is 47.7 Å². The molecule has 0 saturated heterocycles. The highest BCUT2D eigenvalue weighted by Crippen LogP contribution is 2.10. The zero-order valence-corrected chi connectivity index (χ0v) is 12.0. The Balaban J connectivity index is 1.92. The van der Waals surface area contributed by atoms with E-state index < -0.39 is 0 Å². The van der Waals surface area contributed by atoms with E-state index in [1.807, 2.05) is 38.1 Å². The van der Waals surface area contributed by atoms with Crippen LogP contribution in [-0.4, -0.2) is 23.7 Å². The molecule has 0 aliphatic heterocycles. The Labute approximate surface area is 123 Å². The van der Waals surface area contributed by atoms with Crippen LogP contribution in [0.4, 0.5) is 0 Å². The van der Waals surface area contributed by atoms with Gasteiger partial charge in [-0.15, -0.1) is 0 Å². The minimum absolute atomic E-state index is 0.287. The van der Waals surface area contributed by atoms with Crippen molar-refractivity contribution in [3.05, 3.63) is 59.4 Å². The first-order chi connectivity index (χ1) is 10.2. The average Bonchev–Trinajstić information content (AvgIpc) is 2.50. The van der Waals surface area contributed by atoms with E-state index in [1.165, 1.54) is 6.20 Å². The Hall–Kier alpha value is -2.69. The number of aromatic nitrogens is 1. The number of carbonyl (C=O) groups excluding carboxylic acids is 1. The number of ether oxygens (including phenoxy) is 1. The Morgan fingerprint density at radius 2 is 2.05 bits per heavy atom. The van der Waals surface area contributed by atoms with Gasteiger partial charge in [-0.2, -0.15) is 5.10 Å². The fourth-order valence-corrected chi connectivity index (χ4v) is 1.65. The maximum Gasteiger partial charge on any atom is 0.272 e. The lowest BCUT2D eigenvalue weighted by atomic mass is 10.2. The lowest BCUT2D eigenvalue weighted by Crippen LogP contribution is -2.17. The van der Waals surface area contributed by atoms with Gasteiger partial charge in [0.25, 0.3) is 5.91 Å². The molecule has 2 rings (SSSR count). The predicted octanol–water partition coefficient (Wildman–Crippen LogP) is 2.55. The Morgan fingerprint density at radius 1 is 1.29 bits per heavy atom. The van der Waals surface area contributed by atoms with E-state index in [9.17, 15) is 4.79 Å². The molecule has 1 aromatic heterocycles. The van der Waals surface area contributed by atoms with Crippen LogP contribution in [0.5, 0.6) is 5.75 Å². The second-order valence-electron chi connectivity index (χ2n) is 4.39. The quantitative estimate of drug-likeness (QED) is 0.677. The van der Waals surface area contributed by atoms with Gasteiger partial charge in [0.1, 0.15) is 5.75 Å². The van der Waals surface area contributed by atoms with E-state index >= 15 is 0 Å². The van der Waals surface area contributed by atoms with Crippen molar-refractivity contribution in [3.8, 4) is 5.75 Å². The van der Waals surface area contributed by atoms with Crippen molar-refractivity contribution in [1.82, 2.24) is 10.4 Å². The molecule has 0 aliphatic rings. The fourth-order valence-electron chi connectivity index (χ4n) is 1.65. The lowest BCUT2D eigenvalue weighted by molar-refractivity contribution is 0.0955. The number of aryl methyl sites for hydroxylation is 1. The van der Waals surface area contributed by atoms with Crippen LogP contribution in [0.3, 0.4) is 0 Å². The van der Waals surface area contributed by atoms with E-state index in [2.05, 4.69) is 15.5 Å². The summed E-state index contributed by atoms with van der Waals surface area (Å²) in [5, 5.41) is 3.92. The summed E-state index contributed by atoms with van der Waals surface area (Å²) in [4.78, 5) is 15.9. The second kappa shape index (κ2) is 7.19. The molecule has 2 aromatic rings. The molecule has 0 aliphatic carbocycles. The summed E-state index contributed by atoms with van der Waals surface area (Å²) in [5.41, 5.74) is 4.68. The van der Waals surface area contributed by atoms with E-state index in [-0.39, 0.29) is 5.91 Å². The number of amides is 1. The molecule has 0 bridgehead atoms. The zero-order valence-electron chi connectivity index (χ0n) is 12.0. The molecule has 1 heterocycles. The van der Waals surface area contributed by atoms with E-state index in [0.717, 1.165) is 17.0 Å². The molecule has 0 radical (unpaired) electrons. The number of pyridine rings is 1. The van der Waals surface area contributed by atoms with E-state index in [0.29, 0.717) is 12.2 Å². The maximum absolute atomic E-state index is 11.8. The summed E-state index contributed by atoms with van der Waals surface area (Å²) in [7, 11) is 0. The van der Waals surface area contributed by atoms with Gasteiger partial charge in [0.2, 0.25) is 0 Å². The van der Waals surface area contributed by atoms with Crippen molar-refractivity contribution < 1.29 is 9.53 Å². The highest BCUT2D eigenvalue weighted by molar-refractivity contribution is 5.94. The molecule has 1 aromatic carbocycles. The van der Waals surface area contributed by atoms with Crippen molar-refractivity contribution in [2.45, 2.75) is 13.8 Å². The van der Waals surface area contributed by atoms with Gasteiger partial charge in [0.15, 0.2) is 0 Å². The van der Waals surface area contributed by atoms with Gasteiger partial charge in [-0.1, -0.05) is 0 Å². The van der Waals surface area contributed by atoms with Gasteiger partial charge >= 0.3 is 0 Å². The minimum atomic E-state index is -0.287. The molecule has 0 saturated carbocycles. The van der Waals surface area contributed by atoms with Crippen LogP contribution in [0.1, 0.15) is 28.5 Å². The third-order valence-electron chi connectivity index (χ3n) is 2.74. The van der Waals surface area contributed by atoms with Crippen LogP contribution in [0, 0.1) is 6.92 Å². The molecule has 5 nitrogen and oxygen atoms in total. The smallest absolute Gasteiger partial charge is 0.272 e. The molecule has 0 fully saturated rings. The van der Waals surface area contributed by atoms with Crippen LogP contribution >= 0.6 is 0 Å². The number of nitrogens with one attached hydrogen (secondary N) is 1. The molecule has 1 amide bonds. The SMILES string of the molecule is CCOc1ccc(/C=N\NC(=O)c2ccc(C)nc2)cc1. The van der Waals surface area contributed by atoms with Crippen molar-refractivity contribution in [3.63, 3.8) is 0 Å². The van der Waals surface area contributed by atoms with E-state index in [1.54, 1.807) is 18.3 Å².